The second-order valence-corrected chi connectivity index (χ2v) is 6.39. The van der Waals surface area contributed by atoms with E-state index in [-0.39, 0.29) is 17.7 Å². The van der Waals surface area contributed by atoms with Gasteiger partial charge >= 0.3 is 5.97 Å². The number of aliphatic hydroxyl groups is 1. The fraction of sp³-hybridized carbons (Fsp3) is 0.238. The van der Waals surface area contributed by atoms with E-state index in [1.54, 1.807) is 49.4 Å². The molecule has 0 aromatic heterocycles. The van der Waals surface area contributed by atoms with Crippen molar-refractivity contribution in [1.29, 1.82) is 0 Å². The molecule has 150 valence electrons. The van der Waals surface area contributed by atoms with Gasteiger partial charge in [-0.1, -0.05) is 42.5 Å². The van der Waals surface area contributed by atoms with Crippen LogP contribution in [0, 0.1) is 0 Å². The predicted octanol–water partition coefficient (Wildman–Crippen LogP) is 1.06. The predicted molar refractivity (Wildman–Crippen MR) is 102 cm³/mol. The third-order valence-electron chi connectivity index (χ3n) is 4.49. The molecule has 1 heterocycles. The van der Waals surface area contributed by atoms with Crippen LogP contribution in [0.2, 0.25) is 0 Å². The van der Waals surface area contributed by atoms with Gasteiger partial charge in [-0.2, -0.15) is 0 Å². The van der Waals surface area contributed by atoms with Crippen LogP contribution in [0.5, 0.6) is 0 Å². The Morgan fingerprint density at radius 3 is 2.10 bits per heavy atom. The number of fused-ring (bicyclic) bond motifs is 1. The molecule has 2 N–H and O–H groups in total. The molecule has 29 heavy (non-hydrogen) atoms. The van der Waals surface area contributed by atoms with Gasteiger partial charge in [-0.25, -0.2) is 4.79 Å². The van der Waals surface area contributed by atoms with E-state index in [4.69, 9.17) is 4.74 Å². The van der Waals surface area contributed by atoms with Crippen molar-refractivity contribution in [3.05, 3.63) is 71.3 Å². The van der Waals surface area contributed by atoms with Crippen LogP contribution >= 0.6 is 0 Å². The number of amides is 3. The summed E-state index contributed by atoms with van der Waals surface area (Å²) in [6.45, 7) is 1.08. The second-order valence-electron chi connectivity index (χ2n) is 6.39. The molecule has 2 unspecified atom stereocenters. The van der Waals surface area contributed by atoms with Gasteiger partial charge in [0.15, 0.2) is 6.04 Å². The van der Waals surface area contributed by atoms with Crippen molar-refractivity contribution in [2.75, 3.05) is 13.2 Å². The average Bonchev–Trinajstić information content (AvgIpc) is 2.97. The minimum atomic E-state index is -1.39. The Hall–Kier alpha value is -3.52. The molecule has 2 atom stereocenters. The SMILES string of the molecule is CCOC(=O)C(NC(=O)CN1C(=O)c2ccccc2C1=O)C(O)c1ccccc1. The highest BCUT2D eigenvalue weighted by Gasteiger charge is 2.38. The molecule has 0 bridgehead atoms. The zero-order chi connectivity index (χ0) is 21.0. The number of ether oxygens (including phenoxy) is 1. The largest absolute Gasteiger partial charge is 0.464 e. The second kappa shape index (κ2) is 8.66. The third kappa shape index (κ3) is 4.17. The Labute approximate surface area is 167 Å². The van der Waals surface area contributed by atoms with E-state index >= 15 is 0 Å². The molecule has 1 aliphatic rings. The quantitative estimate of drug-likeness (QED) is 0.535. The van der Waals surface area contributed by atoms with Crippen LogP contribution in [0.25, 0.3) is 0 Å². The molecular formula is C21H20N2O6. The summed E-state index contributed by atoms with van der Waals surface area (Å²) in [6, 6.07) is 13.2. The van der Waals surface area contributed by atoms with E-state index < -0.39 is 42.4 Å². The average molecular weight is 396 g/mol. The van der Waals surface area contributed by atoms with E-state index in [0.29, 0.717) is 5.56 Å². The molecule has 8 heteroatoms. The molecule has 0 saturated carbocycles. The van der Waals surface area contributed by atoms with Crippen molar-refractivity contribution in [2.24, 2.45) is 0 Å². The molecule has 8 nitrogen and oxygen atoms in total. The molecular weight excluding hydrogens is 376 g/mol. The summed E-state index contributed by atoms with van der Waals surface area (Å²) < 4.78 is 4.95. The maximum atomic E-state index is 12.5. The summed E-state index contributed by atoms with van der Waals surface area (Å²) >= 11 is 0. The van der Waals surface area contributed by atoms with E-state index in [9.17, 15) is 24.3 Å². The lowest BCUT2D eigenvalue weighted by molar-refractivity contribution is -0.151. The number of benzene rings is 2. The smallest absolute Gasteiger partial charge is 0.331 e. The number of nitrogens with one attached hydrogen (secondary N) is 1. The lowest BCUT2D eigenvalue weighted by atomic mass is 10.0. The number of rotatable bonds is 7. The van der Waals surface area contributed by atoms with Crippen molar-refractivity contribution in [1.82, 2.24) is 10.2 Å². The number of hydrogen-bond acceptors (Lipinski definition) is 6. The van der Waals surface area contributed by atoms with Crippen molar-refractivity contribution in [2.45, 2.75) is 19.1 Å². The number of hydrogen-bond donors (Lipinski definition) is 2. The van der Waals surface area contributed by atoms with Crippen LogP contribution in [0.15, 0.2) is 54.6 Å². The van der Waals surface area contributed by atoms with Crippen LogP contribution in [0.1, 0.15) is 39.3 Å². The van der Waals surface area contributed by atoms with Crippen LogP contribution < -0.4 is 5.32 Å². The fourth-order valence-electron chi connectivity index (χ4n) is 3.09. The van der Waals surface area contributed by atoms with Crippen LogP contribution in [-0.4, -0.2) is 52.9 Å². The summed E-state index contributed by atoms with van der Waals surface area (Å²) in [5.41, 5.74) is 0.847. The van der Waals surface area contributed by atoms with Gasteiger partial charge in [0.05, 0.1) is 17.7 Å². The zero-order valence-corrected chi connectivity index (χ0v) is 15.7. The van der Waals surface area contributed by atoms with Gasteiger partial charge in [0.1, 0.15) is 12.6 Å². The molecule has 0 spiro atoms. The van der Waals surface area contributed by atoms with Gasteiger partial charge in [0, 0.05) is 0 Å². The number of nitrogens with zero attached hydrogens (tertiary/aromatic N) is 1. The summed E-state index contributed by atoms with van der Waals surface area (Å²) in [4.78, 5) is 50.4. The van der Waals surface area contributed by atoms with Gasteiger partial charge < -0.3 is 15.2 Å². The van der Waals surface area contributed by atoms with E-state index in [1.165, 1.54) is 12.1 Å². The normalized spacial score (nSPS) is 14.9. The summed E-state index contributed by atoms with van der Waals surface area (Å²) in [5, 5.41) is 13.0. The minimum Gasteiger partial charge on any atom is -0.464 e. The van der Waals surface area contributed by atoms with Crippen LogP contribution in [-0.2, 0) is 14.3 Å². The molecule has 0 radical (unpaired) electrons. The summed E-state index contributed by atoms with van der Waals surface area (Å²) in [5.74, 6) is -2.76. The number of carbonyl (C=O) groups excluding carboxylic acids is 4. The molecule has 2 aromatic rings. The van der Waals surface area contributed by atoms with Gasteiger partial charge in [0.2, 0.25) is 5.91 Å². The standard InChI is InChI=1S/C21H20N2O6/c1-2-29-21(28)17(18(25)13-8-4-3-5-9-13)22-16(24)12-23-19(26)14-10-6-7-11-15(14)20(23)27/h3-11,17-18,25H,2,12H2,1H3,(H,22,24). The fourth-order valence-corrected chi connectivity index (χ4v) is 3.09. The first kappa shape index (κ1) is 20.2. The molecule has 2 aromatic carbocycles. The van der Waals surface area contributed by atoms with Gasteiger partial charge in [0.25, 0.3) is 11.8 Å². The van der Waals surface area contributed by atoms with Crippen molar-refractivity contribution in [3.8, 4) is 0 Å². The lowest BCUT2D eigenvalue weighted by Crippen LogP contribution is -2.50. The van der Waals surface area contributed by atoms with Crippen molar-refractivity contribution in [3.63, 3.8) is 0 Å². The number of imide groups is 1. The van der Waals surface area contributed by atoms with Crippen molar-refractivity contribution < 1.29 is 29.0 Å². The number of esters is 1. The first-order valence-electron chi connectivity index (χ1n) is 9.08. The first-order valence-corrected chi connectivity index (χ1v) is 9.08. The monoisotopic (exact) mass is 396 g/mol. The van der Waals surface area contributed by atoms with E-state index in [2.05, 4.69) is 5.32 Å². The summed E-state index contributed by atoms with van der Waals surface area (Å²) in [6.07, 6.45) is -1.36. The van der Waals surface area contributed by atoms with Crippen LogP contribution in [0.3, 0.4) is 0 Å². The van der Waals surface area contributed by atoms with E-state index in [0.717, 1.165) is 4.90 Å². The molecule has 1 aliphatic heterocycles. The topological polar surface area (TPSA) is 113 Å². The van der Waals surface area contributed by atoms with Gasteiger partial charge in [-0.3, -0.25) is 19.3 Å². The Morgan fingerprint density at radius 2 is 1.55 bits per heavy atom. The summed E-state index contributed by atoms with van der Waals surface area (Å²) in [7, 11) is 0. The van der Waals surface area contributed by atoms with Crippen molar-refractivity contribution >= 4 is 23.7 Å². The Morgan fingerprint density at radius 1 is 1.00 bits per heavy atom. The lowest BCUT2D eigenvalue weighted by Gasteiger charge is -2.24. The highest BCUT2D eigenvalue weighted by molar-refractivity contribution is 6.22. The Kier molecular flexibility index (Phi) is 6.04. The number of carbonyl (C=O) groups is 4. The molecule has 3 rings (SSSR count). The highest BCUT2D eigenvalue weighted by Crippen LogP contribution is 2.22. The highest BCUT2D eigenvalue weighted by atomic mass is 16.5. The van der Waals surface area contributed by atoms with E-state index in [1.807, 2.05) is 0 Å². The first-order chi connectivity index (χ1) is 13.9. The number of aliphatic hydroxyl groups excluding tert-OH is 1. The van der Waals surface area contributed by atoms with Crippen LogP contribution in [0.4, 0.5) is 0 Å². The maximum Gasteiger partial charge on any atom is 0.331 e. The minimum absolute atomic E-state index is 0.0606. The Balaban J connectivity index is 1.74. The molecule has 0 aliphatic carbocycles. The van der Waals surface area contributed by atoms with Gasteiger partial charge in [-0.15, -0.1) is 0 Å². The Bertz CT molecular complexity index is 908. The zero-order valence-electron chi connectivity index (χ0n) is 15.7. The van der Waals surface area contributed by atoms with Gasteiger partial charge in [-0.05, 0) is 24.6 Å². The molecule has 3 amide bonds. The third-order valence-corrected chi connectivity index (χ3v) is 4.49. The molecule has 0 fully saturated rings. The molecule has 0 saturated heterocycles. The maximum absolute atomic E-state index is 12.5.